The van der Waals surface area contributed by atoms with Gasteiger partial charge in [0.15, 0.2) is 0 Å². The second-order valence-corrected chi connectivity index (χ2v) is 7.55. The minimum absolute atomic E-state index is 0. The van der Waals surface area contributed by atoms with Crippen LogP contribution in [0.1, 0.15) is 54.5 Å². The van der Waals surface area contributed by atoms with E-state index in [0.717, 1.165) is 22.5 Å². The fraction of sp³-hybridized carbons (Fsp3) is 0.318. The van der Waals surface area contributed by atoms with Gasteiger partial charge in [0.05, 0.1) is 12.2 Å². The van der Waals surface area contributed by atoms with E-state index in [1.54, 1.807) is 12.4 Å². The van der Waals surface area contributed by atoms with Crippen LogP contribution in [0.3, 0.4) is 0 Å². The van der Waals surface area contributed by atoms with Crippen LogP contribution in [-0.4, -0.2) is 27.2 Å². The molecule has 4 rings (SSSR count). The summed E-state index contributed by atoms with van der Waals surface area (Å²) < 4.78 is 1.85. The van der Waals surface area contributed by atoms with Crippen molar-refractivity contribution in [2.45, 2.75) is 39.7 Å². The smallest absolute Gasteiger partial charge is 0.277 e. The second-order valence-electron chi connectivity index (χ2n) is 7.55. The minimum atomic E-state index is -0.00707. The lowest BCUT2D eigenvalue weighted by Gasteiger charge is -2.32. The van der Waals surface area contributed by atoms with E-state index in [1.807, 2.05) is 40.8 Å². The number of anilines is 1. The second kappa shape index (κ2) is 7.76. The molecule has 1 aromatic carbocycles. The van der Waals surface area contributed by atoms with Gasteiger partial charge in [-0.1, -0.05) is 26.0 Å². The summed E-state index contributed by atoms with van der Waals surface area (Å²) in [7, 11) is 0. The number of benzene rings is 1. The van der Waals surface area contributed by atoms with Crippen LogP contribution < -0.4 is 4.90 Å². The van der Waals surface area contributed by atoms with Crippen LogP contribution in [-0.2, 0) is 0 Å². The summed E-state index contributed by atoms with van der Waals surface area (Å²) in [4.78, 5) is 19.5. The maximum absolute atomic E-state index is 13.4. The number of aryl methyl sites for hydroxylation is 1. The van der Waals surface area contributed by atoms with Crippen LogP contribution in [0.25, 0.3) is 11.1 Å². The largest absolute Gasteiger partial charge is 0.305 e. The van der Waals surface area contributed by atoms with Crippen LogP contribution in [0.2, 0.25) is 0 Å². The highest BCUT2D eigenvalue weighted by molar-refractivity contribution is 6.09. The Bertz CT molecular complexity index is 994. The Morgan fingerprint density at radius 1 is 1.14 bits per heavy atom. The predicted octanol–water partition coefficient (Wildman–Crippen LogP) is 5.02. The van der Waals surface area contributed by atoms with Crippen molar-refractivity contribution in [1.82, 2.24) is 14.8 Å². The molecule has 0 saturated carbocycles. The van der Waals surface area contributed by atoms with Gasteiger partial charge in [-0.25, -0.2) is 0 Å². The van der Waals surface area contributed by atoms with Crippen molar-refractivity contribution in [3.8, 4) is 11.1 Å². The number of hydrogen-bond acceptors (Lipinski definition) is 3. The van der Waals surface area contributed by atoms with Crippen molar-refractivity contribution >= 4 is 24.0 Å². The number of fused-ring (bicyclic) bond motifs is 1. The molecule has 0 aliphatic carbocycles. The van der Waals surface area contributed by atoms with Crippen molar-refractivity contribution < 1.29 is 4.79 Å². The van der Waals surface area contributed by atoms with Gasteiger partial charge in [0, 0.05) is 29.7 Å². The number of rotatable bonds is 3. The molecule has 2 aromatic heterocycles. The van der Waals surface area contributed by atoms with Crippen molar-refractivity contribution in [3.63, 3.8) is 0 Å². The predicted molar refractivity (Wildman–Crippen MR) is 114 cm³/mol. The van der Waals surface area contributed by atoms with Gasteiger partial charge in [0.1, 0.15) is 5.69 Å². The summed E-state index contributed by atoms with van der Waals surface area (Å²) >= 11 is 0. The number of aromatic nitrogens is 3. The molecule has 3 heterocycles. The highest BCUT2D eigenvalue weighted by Crippen LogP contribution is 2.33. The number of amides is 1. The normalized spacial score (nSPS) is 16.1. The monoisotopic (exact) mass is 396 g/mol. The lowest BCUT2D eigenvalue weighted by atomic mass is 10.0. The van der Waals surface area contributed by atoms with Gasteiger partial charge in [-0.05, 0) is 55.2 Å². The van der Waals surface area contributed by atoms with Gasteiger partial charge in [0.25, 0.3) is 5.91 Å². The third-order valence-corrected chi connectivity index (χ3v) is 5.19. The molecule has 1 atom stereocenters. The summed E-state index contributed by atoms with van der Waals surface area (Å²) in [5.74, 6) is 0.463. The third kappa shape index (κ3) is 3.42. The third-order valence-electron chi connectivity index (χ3n) is 5.19. The number of nitrogens with zero attached hydrogens (tertiary/aromatic N) is 4. The van der Waals surface area contributed by atoms with Crippen LogP contribution >= 0.6 is 12.4 Å². The molecule has 0 radical (unpaired) electrons. The lowest BCUT2D eigenvalue weighted by Crippen LogP contribution is -2.42. The van der Waals surface area contributed by atoms with Gasteiger partial charge in [0.2, 0.25) is 0 Å². The Hall–Kier alpha value is -2.66. The zero-order chi connectivity index (χ0) is 19.1. The first kappa shape index (κ1) is 20.1. The molecule has 1 amide bonds. The van der Waals surface area contributed by atoms with E-state index in [-0.39, 0.29) is 24.4 Å². The molecule has 0 bridgehead atoms. The molecule has 146 valence electrons. The fourth-order valence-electron chi connectivity index (χ4n) is 3.65. The number of halogens is 1. The maximum atomic E-state index is 13.4. The summed E-state index contributed by atoms with van der Waals surface area (Å²) in [6.45, 7) is 9.01. The molecular weight excluding hydrogens is 372 g/mol. The van der Waals surface area contributed by atoms with E-state index >= 15 is 0 Å². The van der Waals surface area contributed by atoms with Crippen molar-refractivity contribution in [1.29, 1.82) is 0 Å². The lowest BCUT2D eigenvalue weighted by molar-refractivity contribution is 0.0954. The summed E-state index contributed by atoms with van der Waals surface area (Å²) in [5, 5.41) is 4.51. The van der Waals surface area contributed by atoms with Crippen LogP contribution in [0, 0.1) is 6.92 Å². The molecule has 0 spiro atoms. The van der Waals surface area contributed by atoms with E-state index in [1.165, 1.54) is 5.56 Å². The average molecular weight is 397 g/mol. The van der Waals surface area contributed by atoms with Gasteiger partial charge < -0.3 is 4.90 Å². The molecule has 6 heteroatoms. The number of carbonyl (C=O) groups excluding carboxylic acids is 1. The first-order valence-electron chi connectivity index (χ1n) is 9.38. The number of hydrogen-bond donors (Lipinski definition) is 0. The Labute approximate surface area is 171 Å². The zero-order valence-electron chi connectivity index (χ0n) is 16.6. The van der Waals surface area contributed by atoms with Gasteiger partial charge in [-0.15, -0.1) is 12.4 Å². The first-order chi connectivity index (χ1) is 13.0. The number of pyridine rings is 1. The van der Waals surface area contributed by atoms with E-state index in [9.17, 15) is 4.79 Å². The summed E-state index contributed by atoms with van der Waals surface area (Å²) in [5.41, 5.74) is 5.61. The molecule has 0 unspecified atom stereocenters. The molecule has 3 aromatic rings. The first-order valence-corrected chi connectivity index (χ1v) is 9.38. The van der Waals surface area contributed by atoms with Crippen molar-refractivity contribution in [2.24, 2.45) is 0 Å². The minimum Gasteiger partial charge on any atom is -0.305 e. The van der Waals surface area contributed by atoms with Gasteiger partial charge >= 0.3 is 0 Å². The van der Waals surface area contributed by atoms with E-state index in [2.05, 4.69) is 43.0 Å². The molecule has 0 saturated heterocycles. The fourth-order valence-corrected chi connectivity index (χ4v) is 3.65. The summed E-state index contributed by atoms with van der Waals surface area (Å²) in [6.07, 6.45) is 3.57. The highest BCUT2D eigenvalue weighted by atomic mass is 35.5. The molecule has 28 heavy (non-hydrogen) atoms. The van der Waals surface area contributed by atoms with Crippen LogP contribution in [0.4, 0.5) is 5.69 Å². The van der Waals surface area contributed by atoms with E-state index in [4.69, 9.17) is 0 Å². The molecule has 0 fully saturated rings. The standard InChI is InChI=1S/C22H24N4O.ClH/c1-14(2)17-5-7-19(8-6-17)25-13-16(4)26-21(22(25)27)20(12-24-26)18-9-10-23-15(3)11-18;/h5-12,14,16H,13H2,1-4H3;1H/t16-;/m0./s1. The number of carbonyl (C=O) groups is 1. The molecule has 1 aliphatic heterocycles. The molecule has 5 nitrogen and oxygen atoms in total. The Balaban J connectivity index is 0.00000225. The van der Waals surface area contributed by atoms with Crippen molar-refractivity contribution in [2.75, 3.05) is 11.4 Å². The van der Waals surface area contributed by atoms with E-state index < -0.39 is 0 Å². The van der Waals surface area contributed by atoms with Crippen molar-refractivity contribution in [3.05, 3.63) is 65.7 Å². The zero-order valence-corrected chi connectivity index (χ0v) is 17.4. The molecular formula is C22H25ClN4O. The molecule has 1 aliphatic rings. The van der Waals surface area contributed by atoms with Crippen LogP contribution in [0.5, 0.6) is 0 Å². The van der Waals surface area contributed by atoms with Crippen LogP contribution in [0.15, 0.2) is 48.8 Å². The topological polar surface area (TPSA) is 51.0 Å². The quantitative estimate of drug-likeness (QED) is 0.624. The van der Waals surface area contributed by atoms with E-state index in [0.29, 0.717) is 18.2 Å². The maximum Gasteiger partial charge on any atom is 0.277 e. The molecule has 0 N–H and O–H groups in total. The Morgan fingerprint density at radius 2 is 1.86 bits per heavy atom. The average Bonchev–Trinajstić information content (AvgIpc) is 3.11. The van der Waals surface area contributed by atoms with Gasteiger partial charge in [-0.2, -0.15) is 5.10 Å². The SMILES string of the molecule is Cc1cc(-c2cnn3c2C(=O)N(c2ccc(C(C)C)cc2)C[C@@H]3C)ccn1.Cl. The Morgan fingerprint density at radius 3 is 2.50 bits per heavy atom. The highest BCUT2D eigenvalue weighted by Gasteiger charge is 2.33. The summed E-state index contributed by atoms with van der Waals surface area (Å²) in [6, 6.07) is 12.3. The Kier molecular flexibility index (Phi) is 5.57. The van der Waals surface area contributed by atoms with Gasteiger partial charge in [-0.3, -0.25) is 14.5 Å².